The van der Waals surface area contributed by atoms with E-state index in [4.69, 9.17) is 4.74 Å². The number of halogens is 1. The SMILES string of the molecule is CCOC(=O)CSc1nnc(-c2ccccc2Br)n1CC. The van der Waals surface area contributed by atoms with Crippen LogP contribution >= 0.6 is 27.7 Å². The molecule has 0 atom stereocenters. The van der Waals surface area contributed by atoms with Crippen LogP contribution in [0.2, 0.25) is 0 Å². The zero-order valence-corrected chi connectivity index (χ0v) is 14.3. The highest BCUT2D eigenvalue weighted by atomic mass is 79.9. The van der Waals surface area contributed by atoms with E-state index in [1.807, 2.05) is 35.8 Å². The van der Waals surface area contributed by atoms with E-state index < -0.39 is 0 Å². The lowest BCUT2D eigenvalue weighted by atomic mass is 10.2. The van der Waals surface area contributed by atoms with Gasteiger partial charge in [0.05, 0.1) is 12.4 Å². The standard InChI is InChI=1S/C14H16BrN3O2S/c1-3-18-13(10-7-5-6-8-11(10)15)16-17-14(18)21-9-12(19)20-4-2/h5-8H,3-4,9H2,1-2H3. The lowest BCUT2D eigenvalue weighted by Crippen LogP contribution is -2.08. The van der Waals surface area contributed by atoms with Crippen molar-refractivity contribution in [2.45, 2.75) is 25.5 Å². The highest BCUT2D eigenvalue weighted by Gasteiger charge is 2.16. The first-order valence-electron chi connectivity index (χ1n) is 6.63. The number of benzene rings is 1. The van der Waals surface area contributed by atoms with Gasteiger partial charge in [0.25, 0.3) is 0 Å². The summed E-state index contributed by atoms with van der Waals surface area (Å²) in [6.07, 6.45) is 0. The molecule has 1 heterocycles. The maximum atomic E-state index is 11.4. The molecular formula is C14H16BrN3O2S. The zero-order valence-electron chi connectivity index (χ0n) is 11.9. The van der Waals surface area contributed by atoms with Crippen LogP contribution in [0.5, 0.6) is 0 Å². The number of hydrogen-bond donors (Lipinski definition) is 0. The van der Waals surface area contributed by atoms with E-state index >= 15 is 0 Å². The predicted octanol–water partition coefficient (Wildman–Crippen LogP) is 3.38. The molecule has 0 aliphatic heterocycles. The van der Waals surface area contributed by atoms with Gasteiger partial charge in [-0.1, -0.05) is 45.9 Å². The number of rotatable bonds is 6. The number of hydrogen-bond acceptors (Lipinski definition) is 5. The number of ether oxygens (including phenoxy) is 1. The van der Waals surface area contributed by atoms with Gasteiger partial charge in [0.15, 0.2) is 11.0 Å². The maximum absolute atomic E-state index is 11.4. The minimum atomic E-state index is -0.240. The maximum Gasteiger partial charge on any atom is 0.316 e. The average molecular weight is 370 g/mol. The Labute approximate surface area is 136 Å². The van der Waals surface area contributed by atoms with Crippen molar-refractivity contribution in [3.8, 4) is 11.4 Å². The lowest BCUT2D eigenvalue weighted by molar-refractivity contribution is -0.139. The summed E-state index contributed by atoms with van der Waals surface area (Å²) in [5.74, 6) is 0.786. The third-order valence-corrected chi connectivity index (χ3v) is 4.40. The van der Waals surface area contributed by atoms with Crippen molar-refractivity contribution in [1.82, 2.24) is 14.8 Å². The fourth-order valence-electron chi connectivity index (χ4n) is 1.85. The summed E-state index contributed by atoms with van der Waals surface area (Å²) in [4.78, 5) is 11.4. The van der Waals surface area contributed by atoms with Crippen molar-refractivity contribution in [3.63, 3.8) is 0 Å². The van der Waals surface area contributed by atoms with E-state index in [1.54, 1.807) is 6.92 Å². The molecule has 0 saturated heterocycles. The summed E-state index contributed by atoms with van der Waals surface area (Å²) in [7, 11) is 0. The second-order valence-corrected chi connectivity index (χ2v) is 5.92. The van der Waals surface area contributed by atoms with Crippen LogP contribution in [0.3, 0.4) is 0 Å². The molecule has 5 nitrogen and oxygen atoms in total. The van der Waals surface area contributed by atoms with Crippen LogP contribution in [0.15, 0.2) is 33.9 Å². The Bertz CT molecular complexity index is 630. The number of carbonyl (C=O) groups excluding carboxylic acids is 1. The molecule has 0 radical (unpaired) electrons. The normalized spacial score (nSPS) is 10.6. The molecule has 0 N–H and O–H groups in total. The minimum Gasteiger partial charge on any atom is -0.465 e. The van der Waals surface area contributed by atoms with Crippen LogP contribution in [-0.4, -0.2) is 33.1 Å². The van der Waals surface area contributed by atoms with Gasteiger partial charge < -0.3 is 9.30 Å². The van der Waals surface area contributed by atoms with Crippen molar-refractivity contribution < 1.29 is 9.53 Å². The molecule has 1 aromatic heterocycles. The molecule has 0 fully saturated rings. The number of carbonyl (C=O) groups is 1. The van der Waals surface area contributed by atoms with E-state index in [9.17, 15) is 4.79 Å². The van der Waals surface area contributed by atoms with E-state index in [1.165, 1.54) is 11.8 Å². The third kappa shape index (κ3) is 3.85. The Kier molecular flexibility index (Phi) is 5.81. The van der Waals surface area contributed by atoms with Crippen LogP contribution in [0, 0.1) is 0 Å². The summed E-state index contributed by atoms with van der Waals surface area (Å²) in [6.45, 7) is 4.94. The molecule has 7 heteroatoms. The molecule has 2 aromatic rings. The molecule has 21 heavy (non-hydrogen) atoms. The van der Waals surface area contributed by atoms with E-state index in [2.05, 4.69) is 26.1 Å². The van der Waals surface area contributed by atoms with Crippen molar-refractivity contribution in [1.29, 1.82) is 0 Å². The first-order chi connectivity index (χ1) is 10.2. The van der Waals surface area contributed by atoms with Crippen molar-refractivity contribution in [2.24, 2.45) is 0 Å². The third-order valence-electron chi connectivity index (χ3n) is 2.77. The van der Waals surface area contributed by atoms with Gasteiger partial charge in [0.2, 0.25) is 0 Å². The highest BCUT2D eigenvalue weighted by molar-refractivity contribution is 9.10. The van der Waals surface area contributed by atoms with Crippen molar-refractivity contribution >= 4 is 33.7 Å². The second kappa shape index (κ2) is 7.61. The first kappa shape index (κ1) is 16.0. The number of esters is 1. The Balaban J connectivity index is 2.22. The number of nitrogens with zero attached hydrogens (tertiary/aromatic N) is 3. The zero-order chi connectivity index (χ0) is 15.2. The summed E-state index contributed by atoms with van der Waals surface area (Å²) in [5.41, 5.74) is 0.981. The fourth-order valence-corrected chi connectivity index (χ4v) is 3.11. The highest BCUT2D eigenvalue weighted by Crippen LogP contribution is 2.29. The topological polar surface area (TPSA) is 57.0 Å². The molecule has 112 valence electrons. The summed E-state index contributed by atoms with van der Waals surface area (Å²) in [5, 5.41) is 9.15. The quantitative estimate of drug-likeness (QED) is 0.576. The van der Waals surface area contributed by atoms with Gasteiger partial charge in [0.1, 0.15) is 0 Å². The molecule has 0 aliphatic carbocycles. The van der Waals surface area contributed by atoms with Crippen molar-refractivity contribution in [2.75, 3.05) is 12.4 Å². The smallest absolute Gasteiger partial charge is 0.316 e. The first-order valence-corrected chi connectivity index (χ1v) is 8.41. The van der Waals surface area contributed by atoms with Crippen molar-refractivity contribution in [3.05, 3.63) is 28.7 Å². The van der Waals surface area contributed by atoms with Crippen LogP contribution < -0.4 is 0 Å². The monoisotopic (exact) mass is 369 g/mol. The van der Waals surface area contributed by atoms with Gasteiger partial charge in [-0.2, -0.15) is 0 Å². The molecule has 0 amide bonds. The number of thioether (sulfide) groups is 1. The summed E-state index contributed by atoms with van der Waals surface area (Å²) < 4.78 is 7.88. The molecule has 1 aromatic carbocycles. The van der Waals surface area contributed by atoms with E-state index in [0.717, 1.165) is 27.6 Å². The predicted molar refractivity (Wildman–Crippen MR) is 86.2 cm³/mol. The molecular weight excluding hydrogens is 354 g/mol. The second-order valence-electron chi connectivity index (χ2n) is 4.12. The lowest BCUT2D eigenvalue weighted by Gasteiger charge is -2.08. The van der Waals surface area contributed by atoms with Gasteiger partial charge in [-0.15, -0.1) is 10.2 Å². The average Bonchev–Trinajstić information content (AvgIpc) is 2.88. The summed E-state index contributed by atoms with van der Waals surface area (Å²) in [6, 6.07) is 7.87. The van der Waals surface area contributed by atoms with Crippen LogP contribution in [0.25, 0.3) is 11.4 Å². The van der Waals surface area contributed by atoms with Gasteiger partial charge in [-0.25, -0.2) is 0 Å². The fraction of sp³-hybridized carbons (Fsp3) is 0.357. The van der Waals surface area contributed by atoms with Crippen LogP contribution in [0.4, 0.5) is 0 Å². The van der Waals surface area contributed by atoms with E-state index in [0.29, 0.717) is 6.61 Å². The summed E-state index contributed by atoms with van der Waals surface area (Å²) >= 11 is 4.87. The molecule has 0 aliphatic rings. The molecule has 2 rings (SSSR count). The van der Waals surface area contributed by atoms with Gasteiger partial charge >= 0.3 is 5.97 Å². The minimum absolute atomic E-state index is 0.238. The van der Waals surface area contributed by atoms with Crippen LogP contribution in [-0.2, 0) is 16.1 Å². The number of aromatic nitrogens is 3. The molecule has 0 unspecified atom stereocenters. The molecule has 0 bridgehead atoms. The molecule has 0 saturated carbocycles. The van der Waals surface area contributed by atoms with Crippen LogP contribution in [0.1, 0.15) is 13.8 Å². The van der Waals surface area contributed by atoms with Gasteiger partial charge in [-0.05, 0) is 19.9 Å². The Morgan fingerprint density at radius 3 is 2.76 bits per heavy atom. The Hall–Kier alpha value is -1.34. The largest absolute Gasteiger partial charge is 0.465 e. The Morgan fingerprint density at radius 1 is 1.33 bits per heavy atom. The molecule has 0 spiro atoms. The van der Waals surface area contributed by atoms with E-state index in [-0.39, 0.29) is 11.7 Å². The van der Waals surface area contributed by atoms with Gasteiger partial charge in [-0.3, -0.25) is 4.79 Å². The Morgan fingerprint density at radius 2 is 2.10 bits per heavy atom. The van der Waals surface area contributed by atoms with Gasteiger partial charge in [0, 0.05) is 16.6 Å².